The van der Waals surface area contributed by atoms with Crippen molar-refractivity contribution in [1.82, 2.24) is 25.0 Å². The molecule has 7 nitrogen and oxygen atoms in total. The number of aromatic nitrogens is 3. The Bertz CT molecular complexity index is 726. The highest BCUT2D eigenvalue weighted by atomic mass is 16.5. The zero-order valence-electron chi connectivity index (χ0n) is 15.1. The van der Waals surface area contributed by atoms with E-state index in [9.17, 15) is 0 Å². The van der Waals surface area contributed by atoms with Gasteiger partial charge in [0.2, 0.25) is 0 Å². The zero-order valence-corrected chi connectivity index (χ0v) is 15.1. The molecule has 1 N–H and O–H groups in total. The van der Waals surface area contributed by atoms with E-state index in [2.05, 4.69) is 38.3 Å². The summed E-state index contributed by atoms with van der Waals surface area (Å²) in [6.45, 7) is 5.23. The van der Waals surface area contributed by atoms with Gasteiger partial charge in [-0.3, -0.25) is 14.7 Å². The van der Waals surface area contributed by atoms with Gasteiger partial charge in [0.25, 0.3) is 0 Å². The molecular weight excluding hydrogens is 316 g/mol. The Balaban J connectivity index is 1.56. The second-order valence-corrected chi connectivity index (χ2v) is 6.28. The van der Waals surface area contributed by atoms with Crippen LogP contribution in [0.2, 0.25) is 0 Å². The number of ether oxygens (including phenoxy) is 1. The van der Waals surface area contributed by atoms with Crippen molar-refractivity contribution in [2.75, 3.05) is 33.3 Å². The van der Waals surface area contributed by atoms with Crippen molar-refractivity contribution in [1.29, 1.82) is 0 Å². The van der Waals surface area contributed by atoms with E-state index in [0.29, 0.717) is 6.61 Å². The predicted molar refractivity (Wildman–Crippen MR) is 97.5 cm³/mol. The Morgan fingerprint density at radius 1 is 1.44 bits per heavy atom. The molecule has 0 bridgehead atoms. The van der Waals surface area contributed by atoms with E-state index >= 15 is 0 Å². The van der Waals surface area contributed by atoms with Crippen LogP contribution in [-0.4, -0.2) is 58.9 Å². The van der Waals surface area contributed by atoms with Crippen molar-refractivity contribution in [3.8, 4) is 0 Å². The Kier molecular flexibility index (Phi) is 5.65. The molecule has 3 rings (SSSR count). The van der Waals surface area contributed by atoms with E-state index in [1.54, 1.807) is 0 Å². The maximum Gasteiger partial charge on any atom is 0.193 e. The van der Waals surface area contributed by atoms with Crippen molar-refractivity contribution in [3.63, 3.8) is 0 Å². The largest absolute Gasteiger partial charge is 0.370 e. The fraction of sp³-hybridized carbons (Fsp3) is 0.500. The minimum absolute atomic E-state index is 0.0310. The molecule has 7 heteroatoms. The molecular formula is C18H26N6O. The lowest BCUT2D eigenvalue weighted by molar-refractivity contribution is -0.00800. The van der Waals surface area contributed by atoms with Crippen LogP contribution in [0.5, 0.6) is 0 Å². The molecule has 3 heterocycles. The number of pyridine rings is 1. The van der Waals surface area contributed by atoms with E-state index in [1.165, 1.54) is 11.1 Å². The molecule has 1 atom stereocenters. The second kappa shape index (κ2) is 8.11. The van der Waals surface area contributed by atoms with E-state index in [-0.39, 0.29) is 6.10 Å². The summed E-state index contributed by atoms with van der Waals surface area (Å²) >= 11 is 0. The van der Waals surface area contributed by atoms with Gasteiger partial charge in [0.15, 0.2) is 5.96 Å². The molecule has 0 aromatic carbocycles. The summed E-state index contributed by atoms with van der Waals surface area (Å²) in [5.41, 5.74) is 3.64. The maximum absolute atomic E-state index is 5.91. The minimum atomic E-state index is 0.0310. The first-order valence-electron chi connectivity index (χ1n) is 8.62. The Morgan fingerprint density at radius 2 is 2.32 bits per heavy atom. The zero-order chi connectivity index (χ0) is 17.6. The number of nitrogens with one attached hydrogen (secondary N) is 1. The minimum Gasteiger partial charge on any atom is -0.370 e. The summed E-state index contributed by atoms with van der Waals surface area (Å²) < 4.78 is 7.71. The Morgan fingerprint density at radius 3 is 3.04 bits per heavy atom. The van der Waals surface area contributed by atoms with E-state index < -0.39 is 0 Å². The van der Waals surface area contributed by atoms with Crippen LogP contribution in [0, 0.1) is 6.92 Å². The fourth-order valence-corrected chi connectivity index (χ4v) is 3.07. The number of hydrogen-bond acceptors (Lipinski definition) is 4. The quantitative estimate of drug-likeness (QED) is 0.670. The van der Waals surface area contributed by atoms with E-state index in [0.717, 1.165) is 37.6 Å². The molecule has 1 aliphatic heterocycles. The smallest absolute Gasteiger partial charge is 0.193 e. The highest BCUT2D eigenvalue weighted by Gasteiger charge is 2.25. The van der Waals surface area contributed by atoms with Crippen molar-refractivity contribution in [2.45, 2.75) is 19.4 Å². The van der Waals surface area contributed by atoms with Crippen LogP contribution in [0.15, 0.2) is 35.8 Å². The van der Waals surface area contributed by atoms with Gasteiger partial charge in [-0.05, 0) is 30.5 Å². The Labute approximate surface area is 148 Å². The van der Waals surface area contributed by atoms with Crippen molar-refractivity contribution in [2.24, 2.45) is 12.0 Å². The molecule has 0 aliphatic carbocycles. The highest BCUT2D eigenvalue weighted by molar-refractivity contribution is 5.80. The first-order valence-corrected chi connectivity index (χ1v) is 8.62. The number of aliphatic imine (C=N–C) groups is 1. The molecule has 25 heavy (non-hydrogen) atoms. The van der Waals surface area contributed by atoms with Crippen LogP contribution < -0.4 is 5.32 Å². The van der Waals surface area contributed by atoms with Crippen LogP contribution in [0.3, 0.4) is 0 Å². The van der Waals surface area contributed by atoms with Gasteiger partial charge < -0.3 is 15.0 Å². The van der Waals surface area contributed by atoms with Gasteiger partial charge >= 0.3 is 0 Å². The monoisotopic (exact) mass is 342 g/mol. The molecule has 0 radical (unpaired) electrons. The van der Waals surface area contributed by atoms with Gasteiger partial charge in [0, 0.05) is 51.3 Å². The number of nitrogens with zero attached hydrogens (tertiary/aromatic N) is 5. The summed E-state index contributed by atoms with van der Waals surface area (Å²) in [7, 11) is 3.75. The normalized spacial score (nSPS) is 18.4. The number of guanidine groups is 1. The Hall–Kier alpha value is -2.41. The standard InChI is InChI=1S/C18H26N6O/c1-14-10-20-6-4-15(14)5-7-21-18(19-2)24-8-9-25-17(13-24)16-11-22-23(3)12-16/h4,6,10-12,17H,5,7-9,13H2,1-3H3,(H,19,21). The van der Waals surface area contributed by atoms with Gasteiger partial charge in [0.1, 0.15) is 6.10 Å². The molecule has 2 aromatic heterocycles. The highest BCUT2D eigenvalue weighted by Crippen LogP contribution is 2.21. The third-order valence-corrected chi connectivity index (χ3v) is 4.49. The SMILES string of the molecule is CN=C(NCCc1ccncc1C)N1CCOC(c2cnn(C)c2)C1. The van der Waals surface area contributed by atoms with Crippen LogP contribution in [-0.2, 0) is 18.2 Å². The summed E-state index contributed by atoms with van der Waals surface area (Å²) in [4.78, 5) is 10.8. The van der Waals surface area contributed by atoms with Crippen molar-refractivity contribution >= 4 is 5.96 Å². The van der Waals surface area contributed by atoms with Gasteiger partial charge in [-0.25, -0.2) is 0 Å². The average molecular weight is 342 g/mol. The van der Waals surface area contributed by atoms with Crippen LogP contribution in [0.4, 0.5) is 0 Å². The van der Waals surface area contributed by atoms with Crippen LogP contribution in [0.1, 0.15) is 22.8 Å². The molecule has 2 aromatic rings. The molecule has 134 valence electrons. The molecule has 1 saturated heterocycles. The number of rotatable bonds is 4. The first-order chi connectivity index (χ1) is 12.2. The predicted octanol–water partition coefficient (Wildman–Crippen LogP) is 1.31. The van der Waals surface area contributed by atoms with Crippen molar-refractivity contribution in [3.05, 3.63) is 47.5 Å². The molecule has 1 aliphatic rings. The maximum atomic E-state index is 5.91. The molecule has 1 unspecified atom stereocenters. The van der Waals surface area contributed by atoms with E-state index in [4.69, 9.17) is 4.74 Å². The summed E-state index contributed by atoms with van der Waals surface area (Å²) in [6, 6.07) is 2.08. The van der Waals surface area contributed by atoms with Gasteiger partial charge in [-0.15, -0.1) is 0 Å². The van der Waals surface area contributed by atoms with Gasteiger partial charge in [0.05, 0.1) is 19.3 Å². The molecule has 0 amide bonds. The molecule has 0 spiro atoms. The summed E-state index contributed by atoms with van der Waals surface area (Å²) in [5, 5.41) is 7.71. The van der Waals surface area contributed by atoms with Gasteiger partial charge in [-0.2, -0.15) is 5.10 Å². The number of hydrogen-bond donors (Lipinski definition) is 1. The third-order valence-electron chi connectivity index (χ3n) is 4.49. The van der Waals surface area contributed by atoms with Crippen LogP contribution >= 0.6 is 0 Å². The topological polar surface area (TPSA) is 67.6 Å². The number of aryl methyl sites for hydroxylation is 2. The average Bonchev–Trinajstić information content (AvgIpc) is 3.07. The first kappa shape index (κ1) is 17.4. The second-order valence-electron chi connectivity index (χ2n) is 6.28. The lowest BCUT2D eigenvalue weighted by Crippen LogP contribution is -2.48. The van der Waals surface area contributed by atoms with Gasteiger partial charge in [-0.1, -0.05) is 0 Å². The van der Waals surface area contributed by atoms with Crippen LogP contribution in [0.25, 0.3) is 0 Å². The lowest BCUT2D eigenvalue weighted by Gasteiger charge is -2.34. The van der Waals surface area contributed by atoms with Crippen molar-refractivity contribution < 1.29 is 4.74 Å². The number of morpholine rings is 1. The summed E-state index contributed by atoms with van der Waals surface area (Å²) in [6.07, 6.45) is 8.61. The lowest BCUT2D eigenvalue weighted by atomic mass is 10.1. The van der Waals surface area contributed by atoms with E-state index in [1.807, 2.05) is 43.6 Å². The summed E-state index contributed by atoms with van der Waals surface area (Å²) in [5.74, 6) is 0.920. The molecule has 1 fully saturated rings. The third kappa shape index (κ3) is 4.36. The fourth-order valence-electron chi connectivity index (χ4n) is 3.07. The molecule has 0 saturated carbocycles.